The highest BCUT2D eigenvalue weighted by Crippen LogP contribution is 2.38. The molecule has 2 heteroatoms. The lowest BCUT2D eigenvalue weighted by Crippen LogP contribution is -2.32. The van der Waals surface area contributed by atoms with Gasteiger partial charge in [0.15, 0.2) is 0 Å². The number of rotatable bonds is 3. The van der Waals surface area contributed by atoms with Gasteiger partial charge in [-0.3, -0.25) is 0 Å². The molecule has 0 aromatic heterocycles. The van der Waals surface area contributed by atoms with Crippen molar-refractivity contribution in [1.82, 2.24) is 0 Å². The van der Waals surface area contributed by atoms with Crippen molar-refractivity contribution in [2.75, 3.05) is 6.61 Å². The minimum absolute atomic E-state index is 0.0540. The Morgan fingerprint density at radius 1 is 1.50 bits per heavy atom. The van der Waals surface area contributed by atoms with E-state index in [1.807, 2.05) is 0 Å². The van der Waals surface area contributed by atoms with Crippen molar-refractivity contribution in [2.45, 2.75) is 52.2 Å². The van der Waals surface area contributed by atoms with Gasteiger partial charge in [-0.05, 0) is 24.7 Å². The Morgan fingerprint density at radius 2 is 2.17 bits per heavy atom. The van der Waals surface area contributed by atoms with Gasteiger partial charge in [0, 0.05) is 6.61 Å². The third kappa shape index (κ3) is 1.99. The summed E-state index contributed by atoms with van der Waals surface area (Å²) in [4.78, 5) is 0. The highest BCUT2D eigenvalue weighted by Gasteiger charge is 2.41. The summed E-state index contributed by atoms with van der Waals surface area (Å²) in [6.45, 7) is 7.07. The van der Waals surface area contributed by atoms with Gasteiger partial charge >= 0.3 is 0 Å². The maximum Gasteiger partial charge on any atom is 0.0852 e. The van der Waals surface area contributed by atoms with E-state index in [0.717, 1.165) is 25.9 Å². The normalized spacial score (nSPS) is 34.0. The molecule has 0 spiro atoms. The number of ether oxygens (including phenoxy) is 1. The molecule has 2 nitrogen and oxygen atoms in total. The van der Waals surface area contributed by atoms with Gasteiger partial charge < -0.3 is 9.84 Å². The molecule has 12 heavy (non-hydrogen) atoms. The van der Waals surface area contributed by atoms with E-state index < -0.39 is 0 Å². The van der Waals surface area contributed by atoms with Crippen molar-refractivity contribution in [2.24, 2.45) is 5.41 Å². The molecule has 0 saturated heterocycles. The molecule has 72 valence electrons. The summed E-state index contributed by atoms with van der Waals surface area (Å²) in [5, 5.41) is 9.82. The van der Waals surface area contributed by atoms with Crippen LogP contribution in [0.4, 0.5) is 0 Å². The summed E-state index contributed by atoms with van der Waals surface area (Å²) in [5.74, 6) is 0. The molecule has 1 aliphatic rings. The largest absolute Gasteiger partial charge is 0.390 e. The fraction of sp³-hybridized carbons (Fsp3) is 1.00. The van der Waals surface area contributed by atoms with Crippen LogP contribution in [0.5, 0.6) is 0 Å². The van der Waals surface area contributed by atoms with Gasteiger partial charge in [0.1, 0.15) is 0 Å². The lowest BCUT2D eigenvalue weighted by Gasteiger charge is -2.25. The smallest absolute Gasteiger partial charge is 0.0852 e. The molecule has 0 amide bonds. The zero-order chi connectivity index (χ0) is 9.19. The molecular formula is C10H20O2. The number of hydrogen-bond donors (Lipinski definition) is 1. The van der Waals surface area contributed by atoms with Crippen LogP contribution in [0.25, 0.3) is 0 Å². The van der Waals surface area contributed by atoms with E-state index in [-0.39, 0.29) is 17.6 Å². The van der Waals surface area contributed by atoms with E-state index in [9.17, 15) is 5.11 Å². The minimum Gasteiger partial charge on any atom is -0.390 e. The van der Waals surface area contributed by atoms with Gasteiger partial charge in [0.2, 0.25) is 0 Å². The Morgan fingerprint density at radius 3 is 2.58 bits per heavy atom. The van der Waals surface area contributed by atoms with Crippen LogP contribution in [0.3, 0.4) is 0 Å². The molecule has 1 saturated carbocycles. The molecule has 0 bridgehead atoms. The van der Waals surface area contributed by atoms with Gasteiger partial charge in [-0.1, -0.05) is 20.8 Å². The van der Waals surface area contributed by atoms with Crippen molar-refractivity contribution >= 4 is 0 Å². The summed E-state index contributed by atoms with van der Waals surface area (Å²) in [7, 11) is 0. The average molecular weight is 172 g/mol. The molecule has 1 rings (SSSR count). The van der Waals surface area contributed by atoms with Crippen LogP contribution in [0.15, 0.2) is 0 Å². The molecule has 2 unspecified atom stereocenters. The van der Waals surface area contributed by atoms with E-state index in [1.165, 1.54) is 0 Å². The number of hydrogen-bond acceptors (Lipinski definition) is 2. The van der Waals surface area contributed by atoms with Crippen molar-refractivity contribution in [1.29, 1.82) is 0 Å². The molecule has 0 aromatic carbocycles. The SMILES string of the molecule is CCCOC1CCC(C)(C)C1O. The van der Waals surface area contributed by atoms with Crippen LogP contribution in [0.2, 0.25) is 0 Å². The fourth-order valence-electron chi connectivity index (χ4n) is 1.77. The van der Waals surface area contributed by atoms with E-state index in [0.29, 0.717) is 0 Å². The second-order valence-electron chi connectivity index (χ2n) is 4.38. The molecule has 2 atom stereocenters. The molecule has 1 fully saturated rings. The van der Waals surface area contributed by atoms with E-state index in [1.54, 1.807) is 0 Å². The topological polar surface area (TPSA) is 29.5 Å². The predicted octanol–water partition coefficient (Wildman–Crippen LogP) is 1.96. The minimum atomic E-state index is -0.274. The van der Waals surface area contributed by atoms with Gasteiger partial charge in [-0.15, -0.1) is 0 Å². The highest BCUT2D eigenvalue weighted by molar-refractivity contribution is 4.91. The van der Waals surface area contributed by atoms with E-state index in [2.05, 4.69) is 20.8 Å². The first kappa shape index (κ1) is 10.0. The van der Waals surface area contributed by atoms with Crippen molar-refractivity contribution in [3.8, 4) is 0 Å². The van der Waals surface area contributed by atoms with E-state index >= 15 is 0 Å². The fourth-order valence-corrected chi connectivity index (χ4v) is 1.77. The predicted molar refractivity (Wildman–Crippen MR) is 49.1 cm³/mol. The van der Waals surface area contributed by atoms with Crippen LogP contribution in [0.1, 0.15) is 40.0 Å². The quantitative estimate of drug-likeness (QED) is 0.705. The first-order valence-electron chi connectivity index (χ1n) is 4.87. The van der Waals surface area contributed by atoms with E-state index in [4.69, 9.17) is 4.74 Å². The van der Waals surface area contributed by atoms with Crippen molar-refractivity contribution in [3.63, 3.8) is 0 Å². The molecule has 0 radical (unpaired) electrons. The maximum atomic E-state index is 9.82. The first-order chi connectivity index (χ1) is 5.58. The summed E-state index contributed by atoms with van der Waals surface area (Å²) < 4.78 is 5.55. The Balaban J connectivity index is 2.39. The van der Waals surface area contributed by atoms with Gasteiger partial charge in [-0.25, -0.2) is 0 Å². The summed E-state index contributed by atoms with van der Waals surface area (Å²) in [5.41, 5.74) is 0.0540. The highest BCUT2D eigenvalue weighted by atomic mass is 16.5. The number of aliphatic hydroxyl groups is 1. The molecule has 1 N–H and O–H groups in total. The molecular weight excluding hydrogens is 152 g/mol. The standard InChI is InChI=1S/C10H20O2/c1-4-7-12-8-5-6-10(2,3)9(8)11/h8-9,11H,4-7H2,1-3H3. The van der Waals surface area contributed by atoms with Crippen LogP contribution in [-0.2, 0) is 4.74 Å². The van der Waals surface area contributed by atoms with Gasteiger partial charge in [-0.2, -0.15) is 0 Å². The number of aliphatic hydroxyl groups excluding tert-OH is 1. The van der Waals surface area contributed by atoms with Crippen LogP contribution in [0, 0.1) is 5.41 Å². The van der Waals surface area contributed by atoms with Crippen molar-refractivity contribution < 1.29 is 9.84 Å². The average Bonchev–Trinajstić information content (AvgIpc) is 2.26. The van der Waals surface area contributed by atoms with Crippen LogP contribution < -0.4 is 0 Å². The Labute approximate surface area is 74.9 Å². The monoisotopic (exact) mass is 172 g/mol. The molecule has 0 aromatic rings. The lowest BCUT2D eigenvalue weighted by atomic mass is 9.89. The third-order valence-electron chi connectivity index (χ3n) is 2.76. The van der Waals surface area contributed by atoms with Crippen molar-refractivity contribution in [3.05, 3.63) is 0 Å². The molecule has 1 aliphatic carbocycles. The Bertz CT molecular complexity index is 143. The summed E-state index contributed by atoms with van der Waals surface area (Å²) in [6.07, 6.45) is 2.92. The zero-order valence-electron chi connectivity index (χ0n) is 8.34. The zero-order valence-corrected chi connectivity index (χ0v) is 8.34. The summed E-state index contributed by atoms with van der Waals surface area (Å²) in [6, 6.07) is 0. The summed E-state index contributed by atoms with van der Waals surface area (Å²) >= 11 is 0. The maximum absolute atomic E-state index is 9.82. The Kier molecular flexibility index (Phi) is 3.13. The third-order valence-corrected chi connectivity index (χ3v) is 2.76. The lowest BCUT2D eigenvalue weighted by molar-refractivity contribution is -0.0493. The first-order valence-corrected chi connectivity index (χ1v) is 4.87. The second kappa shape index (κ2) is 3.75. The Hall–Kier alpha value is -0.0800. The van der Waals surface area contributed by atoms with Gasteiger partial charge in [0.25, 0.3) is 0 Å². The molecule has 0 heterocycles. The van der Waals surface area contributed by atoms with Gasteiger partial charge in [0.05, 0.1) is 12.2 Å². The second-order valence-corrected chi connectivity index (χ2v) is 4.38. The van der Waals surface area contributed by atoms with Crippen LogP contribution in [-0.4, -0.2) is 23.9 Å². The molecule has 0 aliphatic heterocycles. The van der Waals surface area contributed by atoms with Crippen LogP contribution >= 0.6 is 0 Å².